The monoisotopic (exact) mass is 170 g/mol. The minimum atomic E-state index is 0.863. The lowest BCUT2D eigenvalue weighted by Gasteiger charge is -2.19. The Bertz CT molecular complexity index is 125. The first kappa shape index (κ1) is 10.0. The van der Waals surface area contributed by atoms with Crippen molar-refractivity contribution >= 4 is 0 Å². The van der Waals surface area contributed by atoms with Crippen molar-refractivity contribution in [2.75, 3.05) is 32.8 Å². The van der Waals surface area contributed by atoms with Crippen LogP contribution in [0.2, 0.25) is 0 Å². The first-order valence-electron chi connectivity index (χ1n) is 5.21. The van der Waals surface area contributed by atoms with Gasteiger partial charge in [-0.25, -0.2) is 0 Å². The fraction of sp³-hybridized carbons (Fsp3) is 1.00. The van der Waals surface area contributed by atoms with Gasteiger partial charge < -0.3 is 0 Å². The van der Waals surface area contributed by atoms with Crippen molar-refractivity contribution < 1.29 is 0 Å². The van der Waals surface area contributed by atoms with Gasteiger partial charge in [-0.15, -0.1) is 0 Å². The minimum absolute atomic E-state index is 0.863. The van der Waals surface area contributed by atoms with E-state index in [1.807, 2.05) is 0 Å². The Morgan fingerprint density at radius 1 is 1.17 bits per heavy atom. The summed E-state index contributed by atoms with van der Waals surface area (Å²) in [4.78, 5) is 5.07. The fourth-order valence-electron chi connectivity index (χ4n) is 1.68. The van der Waals surface area contributed by atoms with Crippen LogP contribution in [0.5, 0.6) is 0 Å². The lowest BCUT2D eigenvalue weighted by Crippen LogP contribution is -2.28. The Morgan fingerprint density at radius 2 is 1.83 bits per heavy atom. The van der Waals surface area contributed by atoms with Gasteiger partial charge in [0.05, 0.1) is 6.67 Å². The number of hydrogen-bond acceptors (Lipinski definition) is 2. The second-order valence-corrected chi connectivity index (χ2v) is 3.94. The molecule has 2 nitrogen and oxygen atoms in total. The summed E-state index contributed by atoms with van der Waals surface area (Å²) in [5, 5.41) is 0. The van der Waals surface area contributed by atoms with E-state index < -0.39 is 0 Å². The Morgan fingerprint density at radius 3 is 2.33 bits per heavy atom. The Kier molecular flexibility index (Phi) is 4.02. The zero-order chi connectivity index (χ0) is 8.97. The molecule has 1 unspecified atom stereocenters. The summed E-state index contributed by atoms with van der Waals surface area (Å²) in [6, 6.07) is 0. The normalized spacial score (nSPS) is 23.2. The highest BCUT2D eigenvalue weighted by atomic mass is 15.4. The predicted octanol–water partition coefficient (Wildman–Crippen LogP) is 1.63. The maximum Gasteiger partial charge on any atom is 0.0507 e. The molecule has 0 bridgehead atoms. The van der Waals surface area contributed by atoms with Crippen molar-refractivity contribution in [1.29, 1.82) is 0 Å². The molecule has 0 radical (unpaired) electrons. The molecule has 0 aromatic rings. The van der Waals surface area contributed by atoms with Crippen LogP contribution in [0.25, 0.3) is 0 Å². The summed E-state index contributed by atoms with van der Waals surface area (Å²) in [6.07, 6.45) is 1.31. The summed E-state index contributed by atoms with van der Waals surface area (Å²) in [7, 11) is 0. The summed E-state index contributed by atoms with van der Waals surface area (Å²) in [5.41, 5.74) is 0. The van der Waals surface area contributed by atoms with Crippen LogP contribution in [-0.4, -0.2) is 42.6 Å². The van der Waals surface area contributed by atoms with Crippen LogP contribution >= 0.6 is 0 Å². The van der Waals surface area contributed by atoms with E-state index in [2.05, 4.69) is 30.6 Å². The topological polar surface area (TPSA) is 6.48 Å². The SMILES string of the molecule is CCC(C)CN1CCN(CC)C1. The largest absolute Gasteiger partial charge is 0.289 e. The highest BCUT2D eigenvalue weighted by molar-refractivity contribution is 4.71. The third kappa shape index (κ3) is 2.76. The van der Waals surface area contributed by atoms with Crippen molar-refractivity contribution in [2.24, 2.45) is 5.92 Å². The van der Waals surface area contributed by atoms with Gasteiger partial charge in [0.2, 0.25) is 0 Å². The quantitative estimate of drug-likeness (QED) is 0.632. The van der Waals surface area contributed by atoms with Crippen LogP contribution in [0.3, 0.4) is 0 Å². The molecule has 1 heterocycles. The van der Waals surface area contributed by atoms with E-state index >= 15 is 0 Å². The highest BCUT2D eigenvalue weighted by Gasteiger charge is 2.18. The Labute approximate surface area is 76.5 Å². The van der Waals surface area contributed by atoms with Crippen LogP contribution in [0.15, 0.2) is 0 Å². The summed E-state index contributed by atoms with van der Waals surface area (Å²) >= 11 is 0. The summed E-state index contributed by atoms with van der Waals surface area (Å²) in [5.74, 6) is 0.863. The predicted molar refractivity (Wildman–Crippen MR) is 53.1 cm³/mol. The first-order valence-corrected chi connectivity index (χ1v) is 5.21. The molecular weight excluding hydrogens is 148 g/mol. The molecule has 1 fully saturated rings. The number of nitrogens with zero attached hydrogens (tertiary/aromatic N) is 2. The molecule has 72 valence electrons. The number of hydrogen-bond donors (Lipinski definition) is 0. The van der Waals surface area contributed by atoms with Crippen molar-refractivity contribution in [3.05, 3.63) is 0 Å². The van der Waals surface area contributed by atoms with Gasteiger partial charge >= 0.3 is 0 Å². The molecule has 2 heteroatoms. The van der Waals surface area contributed by atoms with Gasteiger partial charge in [0.25, 0.3) is 0 Å². The maximum atomic E-state index is 2.57. The number of likely N-dealkylation sites (N-methyl/N-ethyl adjacent to an activating group) is 1. The average molecular weight is 170 g/mol. The van der Waals surface area contributed by atoms with E-state index in [9.17, 15) is 0 Å². The van der Waals surface area contributed by atoms with Crippen molar-refractivity contribution in [1.82, 2.24) is 9.80 Å². The van der Waals surface area contributed by atoms with E-state index in [-0.39, 0.29) is 0 Å². The molecule has 1 saturated heterocycles. The van der Waals surface area contributed by atoms with Crippen molar-refractivity contribution in [3.63, 3.8) is 0 Å². The first-order chi connectivity index (χ1) is 5.76. The Hall–Kier alpha value is -0.0800. The summed E-state index contributed by atoms with van der Waals surface area (Å²) < 4.78 is 0. The molecule has 0 aliphatic carbocycles. The van der Waals surface area contributed by atoms with E-state index in [1.165, 1.54) is 39.3 Å². The minimum Gasteiger partial charge on any atom is -0.289 e. The van der Waals surface area contributed by atoms with Gasteiger partial charge in [0.15, 0.2) is 0 Å². The van der Waals surface area contributed by atoms with Crippen LogP contribution in [0.4, 0.5) is 0 Å². The molecule has 0 aromatic carbocycles. The van der Waals surface area contributed by atoms with Gasteiger partial charge in [-0.05, 0) is 12.5 Å². The van der Waals surface area contributed by atoms with Gasteiger partial charge in [0, 0.05) is 19.6 Å². The smallest absolute Gasteiger partial charge is 0.0507 e. The van der Waals surface area contributed by atoms with Gasteiger partial charge in [-0.3, -0.25) is 9.80 Å². The zero-order valence-corrected chi connectivity index (χ0v) is 8.71. The third-order valence-electron chi connectivity index (χ3n) is 2.85. The standard InChI is InChI=1S/C10H22N2/c1-4-10(3)8-12-7-6-11(5-2)9-12/h10H,4-9H2,1-3H3. The average Bonchev–Trinajstić information content (AvgIpc) is 2.52. The molecule has 12 heavy (non-hydrogen) atoms. The van der Waals surface area contributed by atoms with E-state index in [0.29, 0.717) is 0 Å². The van der Waals surface area contributed by atoms with Gasteiger partial charge in [0.1, 0.15) is 0 Å². The molecule has 1 rings (SSSR count). The highest BCUT2D eigenvalue weighted by Crippen LogP contribution is 2.09. The van der Waals surface area contributed by atoms with Crippen molar-refractivity contribution in [2.45, 2.75) is 27.2 Å². The molecule has 0 spiro atoms. The van der Waals surface area contributed by atoms with E-state index in [0.717, 1.165) is 5.92 Å². The molecule has 0 aromatic heterocycles. The lowest BCUT2D eigenvalue weighted by molar-refractivity contribution is 0.227. The second kappa shape index (κ2) is 4.83. The summed E-state index contributed by atoms with van der Waals surface area (Å²) in [6.45, 7) is 13.1. The fourth-order valence-corrected chi connectivity index (χ4v) is 1.68. The lowest BCUT2D eigenvalue weighted by atomic mass is 10.1. The molecular formula is C10H22N2. The van der Waals surface area contributed by atoms with Gasteiger partial charge in [-0.2, -0.15) is 0 Å². The molecule has 0 N–H and O–H groups in total. The van der Waals surface area contributed by atoms with Crippen LogP contribution in [0.1, 0.15) is 27.2 Å². The maximum absolute atomic E-state index is 2.57. The second-order valence-electron chi connectivity index (χ2n) is 3.94. The van der Waals surface area contributed by atoms with Crippen LogP contribution in [0, 0.1) is 5.92 Å². The van der Waals surface area contributed by atoms with E-state index in [4.69, 9.17) is 0 Å². The Balaban J connectivity index is 2.18. The van der Waals surface area contributed by atoms with Crippen molar-refractivity contribution in [3.8, 4) is 0 Å². The molecule has 0 amide bonds. The van der Waals surface area contributed by atoms with Crippen LogP contribution < -0.4 is 0 Å². The molecule has 1 atom stereocenters. The molecule has 1 aliphatic heterocycles. The molecule has 1 aliphatic rings. The van der Waals surface area contributed by atoms with Crippen LogP contribution in [-0.2, 0) is 0 Å². The van der Waals surface area contributed by atoms with Gasteiger partial charge in [-0.1, -0.05) is 27.2 Å². The number of rotatable bonds is 4. The third-order valence-corrected chi connectivity index (χ3v) is 2.85. The molecule has 0 saturated carbocycles. The zero-order valence-electron chi connectivity index (χ0n) is 8.71. The van der Waals surface area contributed by atoms with E-state index in [1.54, 1.807) is 0 Å².